The van der Waals surface area contributed by atoms with E-state index in [1.54, 1.807) is 41.5 Å². The van der Waals surface area contributed by atoms with E-state index < -0.39 is 35.9 Å². The number of nitrogens with one attached hydrogen (secondary N) is 2. The molecule has 0 aromatic rings. The topological polar surface area (TPSA) is 115 Å². The van der Waals surface area contributed by atoms with Crippen LogP contribution in [0.2, 0.25) is 0 Å². The van der Waals surface area contributed by atoms with E-state index >= 15 is 0 Å². The molecule has 0 spiro atoms. The molecule has 0 saturated carbocycles. The summed E-state index contributed by atoms with van der Waals surface area (Å²) >= 11 is 0. The third-order valence-corrected chi connectivity index (χ3v) is 1.83. The monoisotopic (exact) mass is 331 g/mol. The van der Waals surface area contributed by atoms with Gasteiger partial charge in [-0.15, -0.1) is 0 Å². The first kappa shape index (κ1) is 20.7. The summed E-state index contributed by atoms with van der Waals surface area (Å²) in [6.07, 6.45) is -1.67. The van der Waals surface area contributed by atoms with Crippen LogP contribution in [-0.2, 0) is 19.0 Å². The molecule has 9 nitrogen and oxygen atoms in total. The molecule has 0 aliphatic heterocycles. The number of methoxy groups -OCH3 is 1. The summed E-state index contributed by atoms with van der Waals surface area (Å²) in [6, 6.07) is 0. The molecular weight excluding hydrogens is 306 g/mol. The summed E-state index contributed by atoms with van der Waals surface area (Å²) in [7, 11) is 1.19. The van der Waals surface area contributed by atoms with Crippen molar-refractivity contribution in [2.75, 3.05) is 13.7 Å². The van der Waals surface area contributed by atoms with Gasteiger partial charge in [0.2, 0.25) is 5.96 Å². The van der Waals surface area contributed by atoms with E-state index in [2.05, 4.69) is 20.4 Å². The summed E-state index contributed by atoms with van der Waals surface area (Å²) in [5.74, 6) is -0.918. The lowest BCUT2D eigenvalue weighted by molar-refractivity contribution is -0.138. The van der Waals surface area contributed by atoms with E-state index in [-0.39, 0.29) is 5.96 Å². The molecule has 0 rings (SSSR count). The maximum atomic E-state index is 11.7. The van der Waals surface area contributed by atoms with Gasteiger partial charge in [-0.3, -0.25) is 15.4 Å². The highest BCUT2D eigenvalue weighted by Gasteiger charge is 2.21. The molecule has 0 heterocycles. The van der Waals surface area contributed by atoms with E-state index in [9.17, 15) is 14.4 Å². The number of rotatable bonds is 2. The first-order valence-corrected chi connectivity index (χ1v) is 6.93. The van der Waals surface area contributed by atoms with Crippen molar-refractivity contribution in [1.29, 1.82) is 0 Å². The number of esters is 1. The Balaban J connectivity index is 4.92. The van der Waals surface area contributed by atoms with Crippen LogP contribution in [0.15, 0.2) is 4.99 Å². The Bertz CT molecular complexity index is 442. The molecule has 0 aromatic carbocycles. The molecule has 0 radical (unpaired) electrons. The van der Waals surface area contributed by atoms with Gasteiger partial charge >= 0.3 is 18.2 Å². The second kappa shape index (κ2) is 8.35. The number of alkyl carbamates (subject to hydrolysis) is 2. The summed E-state index contributed by atoms with van der Waals surface area (Å²) in [5.41, 5.74) is -1.47. The van der Waals surface area contributed by atoms with Gasteiger partial charge in [0.25, 0.3) is 0 Å². The van der Waals surface area contributed by atoms with Gasteiger partial charge in [0.05, 0.1) is 7.11 Å². The molecule has 23 heavy (non-hydrogen) atoms. The van der Waals surface area contributed by atoms with Gasteiger partial charge in [-0.25, -0.2) is 14.6 Å². The highest BCUT2D eigenvalue weighted by molar-refractivity contribution is 6.01. The number of aliphatic imine (C=N–C) groups is 1. The SMILES string of the molecule is COC(=O)CN=C(NC(=O)OC(C)(C)C)NC(=O)OC(C)(C)C. The van der Waals surface area contributed by atoms with Gasteiger partial charge in [0.1, 0.15) is 17.7 Å². The molecule has 2 amide bonds. The Hall–Kier alpha value is -2.32. The first-order chi connectivity index (χ1) is 10.3. The molecule has 0 saturated heterocycles. The van der Waals surface area contributed by atoms with Gasteiger partial charge in [0, 0.05) is 0 Å². The van der Waals surface area contributed by atoms with Gasteiger partial charge < -0.3 is 14.2 Å². The van der Waals surface area contributed by atoms with Gasteiger partial charge in [-0.2, -0.15) is 0 Å². The lowest BCUT2D eigenvalue weighted by Crippen LogP contribution is -2.47. The van der Waals surface area contributed by atoms with Crippen LogP contribution in [0.1, 0.15) is 41.5 Å². The van der Waals surface area contributed by atoms with Crippen LogP contribution >= 0.6 is 0 Å². The summed E-state index contributed by atoms with van der Waals surface area (Å²) in [5, 5.41) is 4.48. The molecule has 0 atom stereocenters. The van der Waals surface area contributed by atoms with Gasteiger partial charge in [-0.1, -0.05) is 0 Å². The van der Waals surface area contributed by atoms with Crippen LogP contribution in [0.25, 0.3) is 0 Å². The number of amides is 2. The second-order valence-corrected chi connectivity index (χ2v) is 6.49. The molecule has 0 aliphatic carbocycles. The summed E-state index contributed by atoms with van der Waals surface area (Å²) < 4.78 is 14.5. The third kappa shape index (κ3) is 12.0. The zero-order valence-electron chi connectivity index (χ0n) is 14.6. The Morgan fingerprint density at radius 1 is 0.870 bits per heavy atom. The summed E-state index contributed by atoms with van der Waals surface area (Å²) in [4.78, 5) is 38.3. The Morgan fingerprint density at radius 2 is 1.26 bits per heavy atom. The van der Waals surface area contributed by atoms with Crippen LogP contribution in [0.4, 0.5) is 9.59 Å². The lowest BCUT2D eigenvalue weighted by atomic mass is 10.2. The van der Waals surface area contributed by atoms with Crippen molar-refractivity contribution in [3.63, 3.8) is 0 Å². The highest BCUT2D eigenvalue weighted by atomic mass is 16.6. The number of hydrogen-bond donors (Lipinski definition) is 2. The van der Waals surface area contributed by atoms with Crippen molar-refractivity contribution in [3.05, 3.63) is 0 Å². The van der Waals surface area contributed by atoms with Gasteiger partial charge in [-0.05, 0) is 41.5 Å². The van der Waals surface area contributed by atoms with E-state index in [1.165, 1.54) is 7.11 Å². The number of ether oxygens (including phenoxy) is 3. The fourth-order valence-electron chi connectivity index (χ4n) is 1.12. The van der Waals surface area contributed by atoms with Crippen molar-refractivity contribution in [2.45, 2.75) is 52.7 Å². The fraction of sp³-hybridized carbons (Fsp3) is 0.714. The molecule has 0 aromatic heterocycles. The number of nitrogens with zero attached hydrogens (tertiary/aromatic N) is 1. The predicted molar refractivity (Wildman–Crippen MR) is 83.1 cm³/mol. The fourth-order valence-corrected chi connectivity index (χ4v) is 1.12. The normalized spacial score (nSPS) is 11.1. The number of guanidine groups is 1. The van der Waals surface area contributed by atoms with Crippen molar-refractivity contribution < 1.29 is 28.6 Å². The Morgan fingerprint density at radius 3 is 1.57 bits per heavy atom. The molecule has 132 valence electrons. The van der Waals surface area contributed by atoms with E-state index in [4.69, 9.17) is 9.47 Å². The average molecular weight is 331 g/mol. The molecular formula is C14H25N3O6. The molecule has 0 aliphatic rings. The third-order valence-electron chi connectivity index (χ3n) is 1.83. The Labute approximate surface area is 135 Å². The van der Waals surface area contributed by atoms with E-state index in [0.717, 1.165) is 0 Å². The highest BCUT2D eigenvalue weighted by Crippen LogP contribution is 2.07. The zero-order valence-corrected chi connectivity index (χ0v) is 14.6. The summed E-state index contributed by atoms with van der Waals surface area (Å²) in [6.45, 7) is 9.69. The smallest absolute Gasteiger partial charge is 0.414 e. The van der Waals surface area contributed by atoms with Crippen LogP contribution in [-0.4, -0.2) is 49.0 Å². The van der Waals surface area contributed by atoms with E-state index in [0.29, 0.717) is 0 Å². The second-order valence-electron chi connectivity index (χ2n) is 6.49. The minimum atomic E-state index is -0.836. The largest absolute Gasteiger partial charge is 0.468 e. The predicted octanol–water partition coefficient (Wildman–Crippen LogP) is 1.56. The molecule has 9 heteroatoms. The van der Waals surface area contributed by atoms with Crippen molar-refractivity contribution in [1.82, 2.24) is 10.6 Å². The first-order valence-electron chi connectivity index (χ1n) is 6.93. The van der Waals surface area contributed by atoms with Crippen LogP contribution in [0, 0.1) is 0 Å². The molecule has 0 bridgehead atoms. The van der Waals surface area contributed by atoms with Crippen LogP contribution in [0.5, 0.6) is 0 Å². The maximum absolute atomic E-state index is 11.7. The van der Waals surface area contributed by atoms with Crippen LogP contribution < -0.4 is 10.6 Å². The number of carbonyl (C=O) groups is 3. The standard InChI is InChI=1S/C14H25N3O6/c1-13(2,3)22-11(19)16-10(15-8-9(18)21-7)17-12(20)23-14(4,5)6/h8H2,1-7H3,(H2,15,16,17,19,20). The van der Waals surface area contributed by atoms with Gasteiger partial charge in [0.15, 0.2) is 0 Å². The Kier molecular flexibility index (Phi) is 7.51. The van der Waals surface area contributed by atoms with Crippen molar-refractivity contribution in [3.8, 4) is 0 Å². The van der Waals surface area contributed by atoms with E-state index in [1.807, 2.05) is 0 Å². The molecule has 0 unspecified atom stereocenters. The number of hydrogen-bond acceptors (Lipinski definition) is 7. The quantitative estimate of drug-likeness (QED) is 0.343. The van der Waals surface area contributed by atoms with Crippen LogP contribution in [0.3, 0.4) is 0 Å². The van der Waals surface area contributed by atoms with Crippen molar-refractivity contribution in [2.24, 2.45) is 4.99 Å². The minimum Gasteiger partial charge on any atom is -0.468 e. The average Bonchev–Trinajstić information content (AvgIpc) is 2.30. The lowest BCUT2D eigenvalue weighted by Gasteiger charge is -2.22. The number of carbonyl (C=O) groups excluding carboxylic acids is 3. The zero-order chi connectivity index (χ0) is 18.3. The molecule has 2 N–H and O–H groups in total. The maximum Gasteiger partial charge on any atom is 0.414 e. The minimum absolute atomic E-state index is 0.279. The molecule has 0 fully saturated rings. The van der Waals surface area contributed by atoms with Crippen molar-refractivity contribution >= 4 is 24.1 Å².